The monoisotopic (exact) mass is 236 g/mol. The molecule has 0 heterocycles. The fraction of sp³-hybridized carbons (Fsp3) is 0.929. The lowest BCUT2D eigenvalue weighted by molar-refractivity contribution is -0.176. The van der Waals surface area contributed by atoms with Gasteiger partial charge in [-0.05, 0) is 61.7 Å². The van der Waals surface area contributed by atoms with Crippen molar-refractivity contribution in [3.8, 4) is 0 Å². The molecule has 3 bridgehead atoms. The Morgan fingerprint density at radius 2 is 2.12 bits per heavy atom. The van der Waals surface area contributed by atoms with Gasteiger partial charge in [0.05, 0.1) is 5.60 Å². The molecule has 3 nitrogen and oxygen atoms in total. The maximum Gasteiger partial charge on any atom is 0.304 e. The highest BCUT2D eigenvalue weighted by molar-refractivity contribution is 5.65. The number of fused-ring (bicyclic) bond motifs is 2. The molecule has 4 fully saturated rings. The summed E-state index contributed by atoms with van der Waals surface area (Å²) in [5.74, 6) is 2.56. The van der Waals surface area contributed by atoms with Crippen molar-refractivity contribution in [2.45, 2.75) is 51.0 Å². The standard InChI is InChI=1S/C14H20O3/c1-9(15)16-8-17-13-4-10-2-11-3-12(6-13)14(11,5-10)7-13/h10-12H,2-8H2,1H3. The second-order valence-electron chi connectivity index (χ2n) is 6.83. The first-order valence-electron chi connectivity index (χ1n) is 6.89. The second-order valence-corrected chi connectivity index (χ2v) is 6.83. The van der Waals surface area contributed by atoms with E-state index in [2.05, 4.69) is 0 Å². The molecule has 5 unspecified atom stereocenters. The van der Waals surface area contributed by atoms with Gasteiger partial charge in [-0.1, -0.05) is 0 Å². The van der Waals surface area contributed by atoms with Crippen LogP contribution in [0.5, 0.6) is 0 Å². The van der Waals surface area contributed by atoms with E-state index in [-0.39, 0.29) is 18.4 Å². The van der Waals surface area contributed by atoms with Crippen molar-refractivity contribution in [2.24, 2.45) is 23.2 Å². The van der Waals surface area contributed by atoms with E-state index in [0.29, 0.717) is 5.41 Å². The molecule has 4 saturated carbocycles. The van der Waals surface area contributed by atoms with Crippen LogP contribution in [0.3, 0.4) is 0 Å². The number of rotatable bonds is 3. The van der Waals surface area contributed by atoms with E-state index in [9.17, 15) is 4.79 Å². The summed E-state index contributed by atoms with van der Waals surface area (Å²) in [4.78, 5) is 10.8. The predicted molar refractivity (Wildman–Crippen MR) is 61.1 cm³/mol. The molecule has 1 spiro atoms. The third-order valence-corrected chi connectivity index (χ3v) is 6.04. The van der Waals surface area contributed by atoms with Crippen LogP contribution in [0.2, 0.25) is 0 Å². The molecule has 4 aliphatic carbocycles. The number of carbonyl (C=O) groups excluding carboxylic acids is 1. The van der Waals surface area contributed by atoms with Gasteiger partial charge in [0.1, 0.15) is 0 Å². The third kappa shape index (κ3) is 1.24. The van der Waals surface area contributed by atoms with Gasteiger partial charge in [-0.25, -0.2) is 0 Å². The molecule has 0 saturated heterocycles. The molecule has 0 aromatic carbocycles. The van der Waals surface area contributed by atoms with Crippen molar-refractivity contribution >= 4 is 5.97 Å². The van der Waals surface area contributed by atoms with Gasteiger partial charge in [0.2, 0.25) is 0 Å². The minimum Gasteiger partial charge on any atom is -0.439 e. The Balaban J connectivity index is 1.50. The molecule has 3 heteroatoms. The van der Waals surface area contributed by atoms with E-state index in [0.717, 1.165) is 17.8 Å². The molecule has 17 heavy (non-hydrogen) atoms. The van der Waals surface area contributed by atoms with E-state index in [4.69, 9.17) is 9.47 Å². The van der Waals surface area contributed by atoms with Gasteiger partial charge in [-0.2, -0.15) is 0 Å². The zero-order valence-electron chi connectivity index (χ0n) is 10.4. The Bertz CT molecular complexity index is 376. The van der Waals surface area contributed by atoms with Crippen LogP contribution in [0.25, 0.3) is 0 Å². The van der Waals surface area contributed by atoms with E-state index < -0.39 is 0 Å². The summed E-state index contributed by atoms with van der Waals surface area (Å²) >= 11 is 0. The Morgan fingerprint density at radius 1 is 1.24 bits per heavy atom. The highest BCUT2D eigenvalue weighted by Crippen LogP contribution is 2.77. The van der Waals surface area contributed by atoms with Gasteiger partial charge in [-0.3, -0.25) is 4.79 Å². The number of hydrogen-bond acceptors (Lipinski definition) is 3. The SMILES string of the molecule is CC(=O)OCOC12CC3CC4CC(C1)C4(C3)C2. The zero-order chi connectivity index (χ0) is 11.7. The van der Waals surface area contributed by atoms with Gasteiger partial charge >= 0.3 is 5.97 Å². The largest absolute Gasteiger partial charge is 0.439 e. The summed E-state index contributed by atoms with van der Waals surface area (Å²) in [6.07, 6.45) is 8.02. The van der Waals surface area contributed by atoms with Crippen LogP contribution in [0.4, 0.5) is 0 Å². The lowest BCUT2D eigenvalue weighted by Crippen LogP contribution is -2.42. The first-order valence-corrected chi connectivity index (χ1v) is 6.89. The Morgan fingerprint density at radius 3 is 2.94 bits per heavy atom. The third-order valence-electron chi connectivity index (χ3n) is 6.04. The topological polar surface area (TPSA) is 35.5 Å². The second kappa shape index (κ2) is 3.05. The molecule has 0 N–H and O–H groups in total. The van der Waals surface area contributed by atoms with Crippen molar-refractivity contribution in [2.75, 3.05) is 6.79 Å². The van der Waals surface area contributed by atoms with E-state index in [1.54, 1.807) is 0 Å². The molecule has 0 aromatic rings. The van der Waals surface area contributed by atoms with Crippen molar-refractivity contribution in [3.63, 3.8) is 0 Å². The Hall–Kier alpha value is -0.570. The molecule has 4 rings (SSSR count). The molecule has 0 radical (unpaired) electrons. The van der Waals surface area contributed by atoms with Gasteiger partial charge in [0.25, 0.3) is 0 Å². The summed E-state index contributed by atoms with van der Waals surface area (Å²) in [5, 5.41) is 0. The fourth-order valence-corrected chi connectivity index (χ4v) is 5.69. The summed E-state index contributed by atoms with van der Waals surface area (Å²) in [7, 11) is 0. The van der Waals surface area contributed by atoms with E-state index in [1.807, 2.05) is 0 Å². The van der Waals surface area contributed by atoms with Crippen LogP contribution in [-0.4, -0.2) is 18.4 Å². The van der Waals surface area contributed by atoms with Crippen LogP contribution in [0, 0.1) is 23.2 Å². The smallest absolute Gasteiger partial charge is 0.304 e. The highest BCUT2D eigenvalue weighted by Gasteiger charge is 2.71. The van der Waals surface area contributed by atoms with Crippen LogP contribution in [0.1, 0.15) is 45.4 Å². The van der Waals surface area contributed by atoms with E-state index >= 15 is 0 Å². The molecular weight excluding hydrogens is 216 g/mol. The summed E-state index contributed by atoms with van der Waals surface area (Å²) in [6.45, 7) is 1.61. The summed E-state index contributed by atoms with van der Waals surface area (Å²) in [5.41, 5.74) is 0.716. The summed E-state index contributed by atoms with van der Waals surface area (Å²) < 4.78 is 11.0. The first kappa shape index (κ1) is 10.4. The Kier molecular flexibility index (Phi) is 1.86. The van der Waals surface area contributed by atoms with Crippen LogP contribution < -0.4 is 0 Å². The van der Waals surface area contributed by atoms with E-state index in [1.165, 1.54) is 45.4 Å². The minimum absolute atomic E-state index is 0.0638. The minimum atomic E-state index is -0.239. The van der Waals surface area contributed by atoms with Crippen LogP contribution in [0.15, 0.2) is 0 Å². The van der Waals surface area contributed by atoms with Gasteiger partial charge in [0.15, 0.2) is 6.79 Å². The van der Waals surface area contributed by atoms with Crippen LogP contribution in [-0.2, 0) is 14.3 Å². The van der Waals surface area contributed by atoms with Crippen molar-refractivity contribution < 1.29 is 14.3 Å². The van der Waals surface area contributed by atoms with Crippen LogP contribution >= 0.6 is 0 Å². The van der Waals surface area contributed by atoms with Crippen molar-refractivity contribution in [1.82, 2.24) is 0 Å². The van der Waals surface area contributed by atoms with Gasteiger partial charge in [0, 0.05) is 6.92 Å². The molecular formula is C14H20O3. The molecule has 0 amide bonds. The average Bonchev–Trinajstić information content (AvgIpc) is 2.54. The number of carbonyl (C=O) groups is 1. The highest BCUT2D eigenvalue weighted by atomic mass is 16.7. The van der Waals surface area contributed by atoms with Gasteiger partial charge < -0.3 is 9.47 Å². The Labute approximate surface area is 102 Å². The molecule has 94 valence electrons. The molecule has 5 atom stereocenters. The zero-order valence-corrected chi connectivity index (χ0v) is 10.4. The lowest BCUT2D eigenvalue weighted by Gasteiger charge is -2.49. The maximum atomic E-state index is 10.8. The van der Waals surface area contributed by atoms with Crippen molar-refractivity contribution in [3.05, 3.63) is 0 Å². The lowest BCUT2D eigenvalue weighted by atomic mass is 9.56. The molecule has 0 aliphatic heterocycles. The quantitative estimate of drug-likeness (QED) is 0.558. The van der Waals surface area contributed by atoms with Gasteiger partial charge in [-0.15, -0.1) is 0 Å². The normalized spacial score (nSPS) is 53.4. The van der Waals surface area contributed by atoms with Crippen molar-refractivity contribution in [1.29, 1.82) is 0 Å². The fourth-order valence-electron chi connectivity index (χ4n) is 5.69. The average molecular weight is 236 g/mol. The number of ether oxygens (including phenoxy) is 2. The first-order chi connectivity index (χ1) is 8.12. The maximum absolute atomic E-state index is 10.8. The number of esters is 1. The number of hydrogen-bond donors (Lipinski definition) is 0. The predicted octanol–water partition coefficient (Wildman–Crippen LogP) is 2.49. The molecule has 4 aliphatic rings. The molecule has 0 aromatic heterocycles. The summed E-state index contributed by atoms with van der Waals surface area (Å²) in [6, 6.07) is 0.